The van der Waals surface area contributed by atoms with Crippen LogP contribution in [0.3, 0.4) is 0 Å². The van der Waals surface area contributed by atoms with Gasteiger partial charge in [-0.15, -0.1) is 0 Å². The van der Waals surface area contributed by atoms with Crippen molar-refractivity contribution >= 4 is 21.7 Å². The molecule has 2 aromatic rings. The van der Waals surface area contributed by atoms with Crippen LogP contribution in [0.5, 0.6) is 0 Å². The number of aryl methyl sites for hydroxylation is 2. The summed E-state index contributed by atoms with van der Waals surface area (Å²) in [7, 11) is 0. The zero-order valence-electron chi connectivity index (χ0n) is 12.1. The molecule has 1 N–H and O–H groups in total. The molecule has 2 aromatic heterocycles. The summed E-state index contributed by atoms with van der Waals surface area (Å²) >= 11 is 3.58. The van der Waals surface area contributed by atoms with E-state index in [1.54, 1.807) is 6.20 Å². The predicted molar refractivity (Wildman–Crippen MR) is 85.9 cm³/mol. The second-order valence-corrected chi connectivity index (χ2v) is 5.45. The summed E-state index contributed by atoms with van der Waals surface area (Å²) in [5.74, 6) is 1.52. The monoisotopic (exact) mass is 334 g/mol. The van der Waals surface area contributed by atoms with Gasteiger partial charge in [0.05, 0.1) is 10.2 Å². The summed E-state index contributed by atoms with van der Waals surface area (Å²) in [4.78, 5) is 13.6. The fraction of sp³-hybridized carbons (Fsp3) is 0.400. The smallest absolute Gasteiger partial charge is 0.180 e. The number of halogens is 1. The first-order chi connectivity index (χ1) is 9.65. The predicted octanol–water partition coefficient (Wildman–Crippen LogP) is 3.99. The Labute approximate surface area is 128 Å². The van der Waals surface area contributed by atoms with E-state index in [0.29, 0.717) is 5.82 Å². The number of nitrogens with zero attached hydrogens (tertiary/aromatic N) is 3. The van der Waals surface area contributed by atoms with E-state index >= 15 is 0 Å². The van der Waals surface area contributed by atoms with E-state index in [4.69, 9.17) is 0 Å². The first-order valence-corrected chi connectivity index (χ1v) is 7.68. The minimum Gasteiger partial charge on any atom is -0.369 e. The first-order valence-electron chi connectivity index (χ1n) is 6.89. The van der Waals surface area contributed by atoms with Crippen LogP contribution in [0.25, 0.3) is 11.5 Å². The molecule has 0 aliphatic carbocycles. The number of pyridine rings is 1. The van der Waals surface area contributed by atoms with Gasteiger partial charge in [-0.2, -0.15) is 0 Å². The molecule has 0 fully saturated rings. The molecule has 0 aliphatic heterocycles. The summed E-state index contributed by atoms with van der Waals surface area (Å²) in [5.41, 5.74) is 2.96. The normalized spacial score (nSPS) is 10.6. The minimum absolute atomic E-state index is 0.673. The van der Waals surface area contributed by atoms with Crippen molar-refractivity contribution in [3.8, 4) is 11.5 Å². The molecule has 0 atom stereocenters. The molecule has 0 radical (unpaired) electrons. The van der Waals surface area contributed by atoms with Crippen molar-refractivity contribution in [3.05, 3.63) is 34.1 Å². The highest BCUT2D eigenvalue weighted by Gasteiger charge is 2.13. The average Bonchev–Trinajstić information content (AvgIpc) is 2.46. The molecule has 0 aromatic carbocycles. The third kappa shape index (κ3) is 3.33. The van der Waals surface area contributed by atoms with Crippen LogP contribution in [0, 0.1) is 6.92 Å². The molecule has 20 heavy (non-hydrogen) atoms. The summed E-state index contributed by atoms with van der Waals surface area (Å²) in [5, 5.41) is 3.34. The summed E-state index contributed by atoms with van der Waals surface area (Å²) in [6.45, 7) is 7.15. The van der Waals surface area contributed by atoms with Gasteiger partial charge in [-0.1, -0.05) is 13.8 Å². The Morgan fingerprint density at radius 2 is 2.05 bits per heavy atom. The third-order valence-corrected chi connectivity index (χ3v) is 3.77. The maximum atomic E-state index is 4.61. The maximum absolute atomic E-state index is 4.61. The Balaban J connectivity index is 2.48. The average molecular weight is 335 g/mol. The molecule has 0 spiro atoms. The second-order valence-electron chi connectivity index (χ2n) is 4.66. The van der Waals surface area contributed by atoms with Crippen LogP contribution >= 0.6 is 15.9 Å². The largest absolute Gasteiger partial charge is 0.369 e. The van der Waals surface area contributed by atoms with Gasteiger partial charge in [0.1, 0.15) is 11.5 Å². The number of rotatable bonds is 5. The topological polar surface area (TPSA) is 50.7 Å². The standard InChI is InChI=1S/C15H19BrN4/c1-4-7-18-15-13(16)11(5-2)19-14(20-15)12-9-10(3)6-8-17-12/h6,8-9H,4-5,7H2,1-3H3,(H,18,19,20). The van der Waals surface area contributed by atoms with E-state index < -0.39 is 0 Å². The summed E-state index contributed by atoms with van der Waals surface area (Å²) in [6, 6.07) is 3.98. The van der Waals surface area contributed by atoms with Crippen molar-refractivity contribution in [3.63, 3.8) is 0 Å². The number of hydrogen-bond acceptors (Lipinski definition) is 4. The quantitative estimate of drug-likeness (QED) is 0.897. The Hall–Kier alpha value is -1.49. The molecule has 0 bridgehead atoms. The van der Waals surface area contributed by atoms with Gasteiger partial charge >= 0.3 is 0 Å². The molecule has 2 heterocycles. The Kier molecular flexibility index (Phi) is 5.06. The van der Waals surface area contributed by atoms with Gasteiger partial charge in [0.2, 0.25) is 0 Å². The third-order valence-electron chi connectivity index (χ3n) is 2.94. The van der Waals surface area contributed by atoms with Gasteiger partial charge in [-0.3, -0.25) is 4.98 Å². The van der Waals surface area contributed by atoms with E-state index in [9.17, 15) is 0 Å². The van der Waals surface area contributed by atoms with Crippen molar-refractivity contribution in [2.75, 3.05) is 11.9 Å². The lowest BCUT2D eigenvalue weighted by molar-refractivity contribution is 0.941. The zero-order valence-corrected chi connectivity index (χ0v) is 13.7. The van der Waals surface area contributed by atoms with Crippen molar-refractivity contribution < 1.29 is 0 Å². The van der Waals surface area contributed by atoms with Crippen molar-refractivity contribution in [2.24, 2.45) is 0 Å². The van der Waals surface area contributed by atoms with E-state index in [0.717, 1.165) is 46.6 Å². The van der Waals surface area contributed by atoms with Crippen LogP contribution in [-0.4, -0.2) is 21.5 Å². The van der Waals surface area contributed by atoms with Gasteiger partial charge < -0.3 is 5.32 Å². The molecule has 106 valence electrons. The van der Waals surface area contributed by atoms with E-state index in [1.807, 2.05) is 19.1 Å². The molecule has 4 nitrogen and oxygen atoms in total. The van der Waals surface area contributed by atoms with Gasteiger partial charge in [-0.05, 0) is 53.4 Å². The van der Waals surface area contributed by atoms with Gasteiger partial charge in [0.25, 0.3) is 0 Å². The molecular weight excluding hydrogens is 316 g/mol. The van der Waals surface area contributed by atoms with Crippen LogP contribution in [0.2, 0.25) is 0 Å². The summed E-state index contributed by atoms with van der Waals surface area (Å²) in [6.07, 6.45) is 3.69. The van der Waals surface area contributed by atoms with Gasteiger partial charge in [0.15, 0.2) is 5.82 Å². The summed E-state index contributed by atoms with van der Waals surface area (Å²) < 4.78 is 0.949. The molecular formula is C15H19BrN4. The Morgan fingerprint density at radius 3 is 2.70 bits per heavy atom. The van der Waals surface area contributed by atoms with Crippen LogP contribution in [0.4, 0.5) is 5.82 Å². The molecule has 2 rings (SSSR count). The zero-order chi connectivity index (χ0) is 14.5. The van der Waals surface area contributed by atoms with Crippen LogP contribution in [-0.2, 0) is 6.42 Å². The number of nitrogens with one attached hydrogen (secondary N) is 1. The number of hydrogen-bond donors (Lipinski definition) is 1. The highest BCUT2D eigenvalue weighted by atomic mass is 79.9. The first kappa shape index (κ1) is 14.9. The lowest BCUT2D eigenvalue weighted by Crippen LogP contribution is -2.07. The Morgan fingerprint density at radius 1 is 1.25 bits per heavy atom. The highest BCUT2D eigenvalue weighted by Crippen LogP contribution is 2.27. The molecule has 0 amide bonds. The lowest BCUT2D eigenvalue weighted by Gasteiger charge is -2.11. The lowest BCUT2D eigenvalue weighted by atomic mass is 10.2. The number of aromatic nitrogens is 3. The van der Waals surface area contributed by atoms with Gasteiger partial charge in [-0.25, -0.2) is 9.97 Å². The van der Waals surface area contributed by atoms with Crippen molar-refractivity contribution in [2.45, 2.75) is 33.6 Å². The van der Waals surface area contributed by atoms with Crippen molar-refractivity contribution in [1.82, 2.24) is 15.0 Å². The van der Waals surface area contributed by atoms with Crippen molar-refractivity contribution in [1.29, 1.82) is 0 Å². The fourth-order valence-corrected chi connectivity index (χ4v) is 2.46. The fourth-order valence-electron chi connectivity index (χ4n) is 1.86. The van der Waals surface area contributed by atoms with Gasteiger partial charge in [0, 0.05) is 12.7 Å². The van der Waals surface area contributed by atoms with Crippen LogP contribution < -0.4 is 5.32 Å². The minimum atomic E-state index is 0.673. The van der Waals surface area contributed by atoms with E-state index in [-0.39, 0.29) is 0 Å². The van der Waals surface area contributed by atoms with E-state index in [2.05, 4.69) is 50.0 Å². The molecule has 0 saturated heterocycles. The Bertz CT molecular complexity index is 598. The molecule has 5 heteroatoms. The second kappa shape index (κ2) is 6.79. The highest BCUT2D eigenvalue weighted by molar-refractivity contribution is 9.10. The van der Waals surface area contributed by atoms with Crippen LogP contribution in [0.1, 0.15) is 31.5 Å². The van der Waals surface area contributed by atoms with E-state index in [1.165, 1.54) is 0 Å². The SMILES string of the molecule is CCCNc1nc(-c2cc(C)ccn2)nc(CC)c1Br. The molecule has 0 unspecified atom stereocenters. The maximum Gasteiger partial charge on any atom is 0.180 e. The molecule has 0 saturated carbocycles. The molecule has 0 aliphatic rings. The number of anilines is 1. The van der Waals surface area contributed by atoms with Crippen LogP contribution in [0.15, 0.2) is 22.8 Å².